The molecule has 0 spiro atoms. The van der Waals surface area contributed by atoms with E-state index in [9.17, 15) is 13.2 Å². The molecule has 1 rings (SSSR count). The fourth-order valence-corrected chi connectivity index (χ4v) is 4.31. The first kappa shape index (κ1) is 15.4. The number of carbonyl (C=O) groups is 1. The van der Waals surface area contributed by atoms with Crippen LogP contribution in [0, 0.1) is 0 Å². The van der Waals surface area contributed by atoms with E-state index < -0.39 is 16.0 Å². The highest BCUT2D eigenvalue weighted by Gasteiger charge is 2.29. The molecule has 1 fully saturated rings. The Morgan fingerprint density at radius 1 is 1.33 bits per heavy atom. The van der Waals surface area contributed by atoms with Crippen molar-refractivity contribution in [2.75, 3.05) is 12.3 Å². The summed E-state index contributed by atoms with van der Waals surface area (Å²) >= 11 is 0. The summed E-state index contributed by atoms with van der Waals surface area (Å²) in [5.41, 5.74) is 0. The maximum Gasteiger partial charge on any atom is 0.303 e. The van der Waals surface area contributed by atoms with Gasteiger partial charge in [0.15, 0.2) is 0 Å². The minimum atomic E-state index is -3.29. The zero-order valence-electron chi connectivity index (χ0n) is 11.0. The van der Waals surface area contributed by atoms with E-state index in [1.807, 2.05) is 6.92 Å². The van der Waals surface area contributed by atoms with Crippen LogP contribution in [-0.4, -0.2) is 42.1 Å². The lowest BCUT2D eigenvalue weighted by atomic mass is 10.1. The van der Waals surface area contributed by atoms with E-state index >= 15 is 0 Å². The van der Waals surface area contributed by atoms with Crippen molar-refractivity contribution in [3.05, 3.63) is 0 Å². The van der Waals surface area contributed by atoms with E-state index in [0.717, 1.165) is 32.1 Å². The minimum Gasteiger partial charge on any atom is -0.481 e. The maximum atomic E-state index is 12.2. The fourth-order valence-electron chi connectivity index (χ4n) is 2.45. The predicted molar refractivity (Wildman–Crippen MR) is 69.9 cm³/mol. The van der Waals surface area contributed by atoms with Crippen LogP contribution in [-0.2, 0) is 14.8 Å². The van der Waals surface area contributed by atoms with Crippen LogP contribution in [0.4, 0.5) is 0 Å². The second kappa shape index (κ2) is 7.09. The smallest absolute Gasteiger partial charge is 0.303 e. The number of carboxylic acids is 1. The van der Waals surface area contributed by atoms with Crippen molar-refractivity contribution in [3.8, 4) is 0 Å². The molecule has 0 saturated carbocycles. The Kier molecular flexibility index (Phi) is 6.08. The largest absolute Gasteiger partial charge is 0.481 e. The topological polar surface area (TPSA) is 74.7 Å². The molecule has 1 N–H and O–H groups in total. The van der Waals surface area contributed by atoms with Gasteiger partial charge in [0.1, 0.15) is 0 Å². The quantitative estimate of drug-likeness (QED) is 0.804. The Balaban J connectivity index is 2.64. The monoisotopic (exact) mass is 277 g/mol. The van der Waals surface area contributed by atoms with Gasteiger partial charge in [-0.15, -0.1) is 0 Å². The van der Waals surface area contributed by atoms with E-state index in [1.165, 1.54) is 0 Å². The summed E-state index contributed by atoms with van der Waals surface area (Å²) in [4.78, 5) is 10.4. The molecule has 1 aliphatic rings. The minimum absolute atomic E-state index is 0.0458. The van der Waals surface area contributed by atoms with Crippen LogP contribution in [0.25, 0.3) is 0 Å². The van der Waals surface area contributed by atoms with Gasteiger partial charge in [-0.2, -0.15) is 4.31 Å². The SMILES string of the molecule is CCC1CCCCCN1S(=O)(=O)CCCC(=O)O. The molecule has 1 saturated heterocycles. The van der Waals surface area contributed by atoms with E-state index in [1.54, 1.807) is 4.31 Å². The molecule has 1 atom stereocenters. The van der Waals surface area contributed by atoms with Gasteiger partial charge in [-0.3, -0.25) is 4.79 Å². The molecule has 0 aromatic heterocycles. The van der Waals surface area contributed by atoms with Crippen LogP contribution < -0.4 is 0 Å². The Morgan fingerprint density at radius 2 is 2.06 bits per heavy atom. The van der Waals surface area contributed by atoms with Crippen LogP contribution in [0.3, 0.4) is 0 Å². The molecule has 0 aromatic rings. The number of carboxylic acid groups (broad SMARTS) is 1. The molecule has 0 bridgehead atoms. The Bertz CT molecular complexity index is 366. The second-order valence-electron chi connectivity index (χ2n) is 4.84. The number of hydrogen-bond acceptors (Lipinski definition) is 3. The van der Waals surface area contributed by atoms with Crippen molar-refractivity contribution in [3.63, 3.8) is 0 Å². The Morgan fingerprint density at radius 3 is 2.67 bits per heavy atom. The maximum absolute atomic E-state index is 12.2. The van der Waals surface area contributed by atoms with Gasteiger partial charge < -0.3 is 5.11 Å². The van der Waals surface area contributed by atoms with E-state index in [2.05, 4.69) is 0 Å². The summed E-state index contributed by atoms with van der Waals surface area (Å²) in [7, 11) is -3.29. The number of aliphatic carboxylic acids is 1. The van der Waals surface area contributed by atoms with Crippen molar-refractivity contribution in [1.29, 1.82) is 0 Å². The lowest BCUT2D eigenvalue weighted by Gasteiger charge is -2.28. The molecule has 0 aliphatic carbocycles. The second-order valence-corrected chi connectivity index (χ2v) is 6.88. The van der Waals surface area contributed by atoms with Crippen LogP contribution in [0.2, 0.25) is 0 Å². The number of hydrogen-bond donors (Lipinski definition) is 1. The lowest BCUT2D eigenvalue weighted by molar-refractivity contribution is -0.137. The standard InChI is InChI=1S/C12H23NO4S/c1-2-11-7-4-3-5-9-13(11)18(16,17)10-6-8-12(14)15/h11H,2-10H2,1H3,(H,14,15). The molecular formula is C12H23NO4S. The summed E-state index contributed by atoms with van der Waals surface area (Å²) in [5, 5.41) is 8.56. The Labute approximate surface area is 109 Å². The molecule has 1 heterocycles. The van der Waals surface area contributed by atoms with Crippen LogP contribution in [0.15, 0.2) is 0 Å². The molecule has 106 valence electrons. The van der Waals surface area contributed by atoms with Gasteiger partial charge in [-0.25, -0.2) is 8.42 Å². The summed E-state index contributed by atoms with van der Waals surface area (Å²) in [6.45, 7) is 2.60. The number of rotatable bonds is 6. The molecule has 0 amide bonds. The van der Waals surface area contributed by atoms with Gasteiger partial charge in [0.05, 0.1) is 5.75 Å². The molecule has 1 unspecified atom stereocenters. The zero-order chi connectivity index (χ0) is 13.6. The molecule has 6 heteroatoms. The van der Waals surface area contributed by atoms with Gasteiger partial charge in [0.2, 0.25) is 10.0 Å². The van der Waals surface area contributed by atoms with Gasteiger partial charge >= 0.3 is 5.97 Å². The van der Waals surface area contributed by atoms with Gasteiger partial charge in [-0.1, -0.05) is 19.8 Å². The molecule has 5 nitrogen and oxygen atoms in total. The molecule has 18 heavy (non-hydrogen) atoms. The zero-order valence-corrected chi connectivity index (χ0v) is 11.8. The first-order valence-corrected chi connectivity index (χ1v) is 8.29. The third-order valence-corrected chi connectivity index (χ3v) is 5.44. The third kappa shape index (κ3) is 4.57. The summed E-state index contributed by atoms with van der Waals surface area (Å²) < 4.78 is 26.1. The first-order chi connectivity index (χ1) is 8.47. The van der Waals surface area contributed by atoms with Crippen molar-refractivity contribution < 1.29 is 18.3 Å². The van der Waals surface area contributed by atoms with Gasteiger partial charge in [-0.05, 0) is 25.7 Å². The molecule has 0 radical (unpaired) electrons. The highest BCUT2D eigenvalue weighted by Crippen LogP contribution is 2.22. The normalized spacial score (nSPS) is 22.6. The summed E-state index contributed by atoms with van der Waals surface area (Å²) in [5.74, 6) is -0.983. The summed E-state index contributed by atoms with van der Waals surface area (Å²) in [6, 6.07) is 0.0994. The van der Waals surface area contributed by atoms with Crippen molar-refractivity contribution in [2.45, 2.75) is 57.9 Å². The van der Waals surface area contributed by atoms with Crippen molar-refractivity contribution >= 4 is 16.0 Å². The number of nitrogens with zero attached hydrogens (tertiary/aromatic N) is 1. The fraction of sp³-hybridized carbons (Fsp3) is 0.917. The average Bonchev–Trinajstić information content (AvgIpc) is 2.53. The first-order valence-electron chi connectivity index (χ1n) is 6.68. The van der Waals surface area contributed by atoms with Crippen molar-refractivity contribution in [1.82, 2.24) is 4.31 Å². The lowest BCUT2D eigenvalue weighted by Crippen LogP contribution is -2.41. The highest BCUT2D eigenvalue weighted by atomic mass is 32.2. The molecular weight excluding hydrogens is 254 g/mol. The van der Waals surface area contributed by atoms with E-state index in [4.69, 9.17) is 5.11 Å². The van der Waals surface area contributed by atoms with Crippen LogP contribution >= 0.6 is 0 Å². The highest BCUT2D eigenvalue weighted by molar-refractivity contribution is 7.89. The van der Waals surface area contributed by atoms with Gasteiger partial charge in [0.25, 0.3) is 0 Å². The molecule has 0 aromatic carbocycles. The van der Waals surface area contributed by atoms with E-state index in [-0.39, 0.29) is 24.6 Å². The van der Waals surface area contributed by atoms with Crippen LogP contribution in [0.1, 0.15) is 51.9 Å². The molecule has 1 aliphatic heterocycles. The van der Waals surface area contributed by atoms with Gasteiger partial charge in [0, 0.05) is 19.0 Å². The van der Waals surface area contributed by atoms with Crippen LogP contribution in [0.5, 0.6) is 0 Å². The third-order valence-electron chi connectivity index (χ3n) is 3.44. The Hall–Kier alpha value is -0.620. The number of sulfonamides is 1. The van der Waals surface area contributed by atoms with E-state index in [0.29, 0.717) is 6.54 Å². The average molecular weight is 277 g/mol. The van der Waals surface area contributed by atoms with Crippen molar-refractivity contribution in [2.24, 2.45) is 0 Å². The predicted octanol–water partition coefficient (Wildman–Crippen LogP) is 1.84. The summed E-state index contributed by atoms with van der Waals surface area (Å²) in [6.07, 6.45) is 4.95.